The van der Waals surface area contributed by atoms with Crippen LogP contribution in [-0.2, 0) is 21.2 Å². The average molecular weight is 401 g/mol. The smallest absolute Gasteiger partial charge is 0.241 e. The van der Waals surface area contributed by atoms with E-state index < -0.39 is 10.0 Å². The second-order valence-corrected chi connectivity index (χ2v) is 9.63. The third-order valence-corrected chi connectivity index (χ3v) is 6.38. The van der Waals surface area contributed by atoms with E-state index >= 15 is 0 Å². The molecule has 0 saturated heterocycles. The summed E-state index contributed by atoms with van der Waals surface area (Å²) in [5.74, 6) is 0.0652. The summed E-state index contributed by atoms with van der Waals surface area (Å²) in [4.78, 5) is 12.7. The number of sulfonamides is 1. The number of nitrogens with one attached hydrogen (secondary N) is 1. The van der Waals surface area contributed by atoms with Gasteiger partial charge >= 0.3 is 0 Å². The van der Waals surface area contributed by atoms with E-state index in [0.29, 0.717) is 11.6 Å². The molecule has 0 radical (unpaired) electrons. The molecule has 2 aromatic rings. The number of rotatable bonds is 6. The Labute approximate surface area is 167 Å². The van der Waals surface area contributed by atoms with Gasteiger partial charge in [0.05, 0.1) is 18.0 Å². The maximum absolute atomic E-state index is 12.7. The molecule has 6 heteroatoms. The number of anilines is 1. The van der Waals surface area contributed by atoms with Gasteiger partial charge in [-0.1, -0.05) is 50.2 Å². The number of hydrogen-bond donors (Lipinski definition) is 1. The molecule has 1 N–H and O–H groups in total. The van der Waals surface area contributed by atoms with Crippen LogP contribution in [0, 0.1) is 0 Å². The van der Waals surface area contributed by atoms with Gasteiger partial charge in [0.15, 0.2) is 0 Å². The number of nitrogens with zero attached hydrogens (tertiary/aromatic N) is 1. The van der Waals surface area contributed by atoms with Crippen LogP contribution >= 0.6 is 0 Å². The summed E-state index contributed by atoms with van der Waals surface area (Å²) in [5, 5.41) is 3.03. The number of benzene rings is 2. The van der Waals surface area contributed by atoms with Crippen LogP contribution in [-0.4, -0.2) is 27.1 Å². The zero-order valence-corrected chi connectivity index (χ0v) is 17.5. The van der Waals surface area contributed by atoms with Gasteiger partial charge in [0.2, 0.25) is 15.9 Å². The summed E-state index contributed by atoms with van der Waals surface area (Å²) in [7, 11) is -3.57. The van der Waals surface area contributed by atoms with Gasteiger partial charge in [-0.15, -0.1) is 0 Å². The summed E-state index contributed by atoms with van der Waals surface area (Å²) in [5.41, 5.74) is 4.02. The lowest BCUT2D eigenvalue weighted by Crippen LogP contribution is -2.42. The Kier molecular flexibility index (Phi) is 6.08. The topological polar surface area (TPSA) is 66.5 Å². The first-order valence-corrected chi connectivity index (χ1v) is 11.6. The van der Waals surface area contributed by atoms with Crippen LogP contribution in [0.2, 0.25) is 0 Å². The highest BCUT2D eigenvalue weighted by atomic mass is 32.2. The molecular formula is C22H28N2O3S. The van der Waals surface area contributed by atoms with Gasteiger partial charge in [-0.3, -0.25) is 9.10 Å². The molecule has 0 fully saturated rings. The molecule has 1 aliphatic carbocycles. The van der Waals surface area contributed by atoms with Crippen molar-refractivity contribution in [3.8, 4) is 0 Å². The molecule has 28 heavy (non-hydrogen) atoms. The molecule has 1 aliphatic rings. The Morgan fingerprint density at radius 1 is 1.14 bits per heavy atom. The van der Waals surface area contributed by atoms with Crippen LogP contribution in [0.15, 0.2) is 48.5 Å². The van der Waals surface area contributed by atoms with Gasteiger partial charge in [-0.2, -0.15) is 0 Å². The Morgan fingerprint density at radius 3 is 2.46 bits per heavy atom. The van der Waals surface area contributed by atoms with E-state index in [1.54, 1.807) is 12.1 Å². The van der Waals surface area contributed by atoms with Crippen LogP contribution in [0.3, 0.4) is 0 Å². The number of hydrogen-bond acceptors (Lipinski definition) is 3. The van der Waals surface area contributed by atoms with Crippen molar-refractivity contribution in [2.75, 3.05) is 17.1 Å². The molecule has 1 amide bonds. The fourth-order valence-electron chi connectivity index (χ4n) is 3.70. The van der Waals surface area contributed by atoms with Crippen LogP contribution in [0.1, 0.15) is 55.3 Å². The monoisotopic (exact) mass is 400 g/mol. The molecule has 0 spiro atoms. The largest absolute Gasteiger partial charge is 0.348 e. The first-order chi connectivity index (χ1) is 13.3. The van der Waals surface area contributed by atoms with Crippen molar-refractivity contribution in [3.63, 3.8) is 0 Å². The first-order valence-electron chi connectivity index (χ1n) is 9.70. The molecule has 0 aliphatic heterocycles. The van der Waals surface area contributed by atoms with E-state index in [1.165, 1.54) is 9.87 Å². The van der Waals surface area contributed by atoms with Crippen molar-refractivity contribution in [1.82, 2.24) is 5.32 Å². The van der Waals surface area contributed by atoms with E-state index in [0.717, 1.165) is 36.6 Å². The van der Waals surface area contributed by atoms with Crippen molar-refractivity contribution in [2.24, 2.45) is 0 Å². The number of amides is 1. The Morgan fingerprint density at radius 2 is 1.82 bits per heavy atom. The SMILES string of the molecule is CC(C)c1ccc(N(CC(=O)N[C@H]2CCCc3ccccc32)S(C)(=O)=O)cc1. The number of carbonyl (C=O) groups excluding carboxylic acids is 1. The molecular weight excluding hydrogens is 372 g/mol. The van der Waals surface area contributed by atoms with Crippen molar-refractivity contribution in [1.29, 1.82) is 0 Å². The first kappa shape index (κ1) is 20.4. The van der Waals surface area contributed by atoms with E-state index in [4.69, 9.17) is 0 Å². The summed E-state index contributed by atoms with van der Waals surface area (Å²) in [6.45, 7) is 3.94. The molecule has 2 aromatic carbocycles. The Balaban J connectivity index is 1.76. The maximum atomic E-state index is 12.7. The van der Waals surface area contributed by atoms with Crippen molar-refractivity contribution in [3.05, 3.63) is 65.2 Å². The highest BCUT2D eigenvalue weighted by Gasteiger charge is 2.25. The van der Waals surface area contributed by atoms with Crippen molar-refractivity contribution < 1.29 is 13.2 Å². The minimum absolute atomic E-state index is 0.0674. The van der Waals surface area contributed by atoms with Gasteiger partial charge in [0.1, 0.15) is 6.54 Å². The molecule has 3 rings (SSSR count). The van der Waals surface area contributed by atoms with E-state index in [9.17, 15) is 13.2 Å². The molecule has 0 bridgehead atoms. The zero-order valence-electron chi connectivity index (χ0n) is 16.7. The predicted octanol–water partition coefficient (Wildman–Crippen LogP) is 3.77. The number of fused-ring (bicyclic) bond motifs is 1. The Hall–Kier alpha value is -2.34. The summed E-state index contributed by atoms with van der Waals surface area (Å²) in [6.07, 6.45) is 4.02. The van der Waals surface area contributed by atoms with Gasteiger partial charge in [0, 0.05) is 0 Å². The molecule has 0 unspecified atom stereocenters. The summed E-state index contributed by atoms with van der Waals surface area (Å²) >= 11 is 0. The molecule has 0 saturated carbocycles. The summed E-state index contributed by atoms with van der Waals surface area (Å²) in [6, 6.07) is 15.4. The van der Waals surface area contributed by atoms with Gasteiger partial charge in [0.25, 0.3) is 0 Å². The Bertz CT molecular complexity index is 937. The van der Waals surface area contributed by atoms with Crippen LogP contribution in [0.5, 0.6) is 0 Å². The second-order valence-electron chi connectivity index (χ2n) is 7.73. The minimum Gasteiger partial charge on any atom is -0.348 e. The highest BCUT2D eigenvalue weighted by Crippen LogP contribution is 2.29. The van der Waals surface area contributed by atoms with E-state index in [2.05, 4.69) is 25.2 Å². The van der Waals surface area contributed by atoms with Crippen LogP contribution in [0.4, 0.5) is 5.69 Å². The minimum atomic E-state index is -3.57. The fraction of sp³-hybridized carbons (Fsp3) is 0.409. The van der Waals surface area contributed by atoms with Crippen molar-refractivity contribution >= 4 is 21.6 Å². The molecule has 0 aromatic heterocycles. The van der Waals surface area contributed by atoms with Crippen LogP contribution in [0.25, 0.3) is 0 Å². The van der Waals surface area contributed by atoms with Gasteiger partial charge in [-0.05, 0) is 54.0 Å². The standard InChI is InChI=1S/C22H28N2O3S/c1-16(2)17-11-13-19(14-12-17)24(28(3,26)27)15-22(25)23-21-10-6-8-18-7-4-5-9-20(18)21/h4-5,7,9,11-14,16,21H,6,8,10,15H2,1-3H3,(H,23,25)/t21-/m0/s1. The molecule has 150 valence electrons. The van der Waals surface area contributed by atoms with E-state index in [-0.39, 0.29) is 18.5 Å². The lowest BCUT2D eigenvalue weighted by atomic mass is 9.88. The third kappa shape index (κ3) is 4.73. The third-order valence-electron chi connectivity index (χ3n) is 5.24. The number of aryl methyl sites for hydroxylation is 1. The lowest BCUT2D eigenvalue weighted by Gasteiger charge is -2.28. The molecule has 0 heterocycles. The maximum Gasteiger partial charge on any atom is 0.241 e. The van der Waals surface area contributed by atoms with Crippen LogP contribution < -0.4 is 9.62 Å². The highest BCUT2D eigenvalue weighted by molar-refractivity contribution is 7.92. The van der Waals surface area contributed by atoms with E-state index in [1.807, 2.05) is 30.3 Å². The zero-order chi connectivity index (χ0) is 20.3. The normalized spacial score (nSPS) is 16.5. The number of carbonyl (C=O) groups is 1. The lowest BCUT2D eigenvalue weighted by molar-refractivity contribution is -0.120. The van der Waals surface area contributed by atoms with Gasteiger partial charge in [-0.25, -0.2) is 8.42 Å². The van der Waals surface area contributed by atoms with Gasteiger partial charge < -0.3 is 5.32 Å². The molecule has 1 atom stereocenters. The summed E-state index contributed by atoms with van der Waals surface area (Å²) < 4.78 is 25.8. The second kappa shape index (κ2) is 8.35. The average Bonchev–Trinajstić information content (AvgIpc) is 2.66. The fourth-order valence-corrected chi connectivity index (χ4v) is 4.56. The molecule has 5 nitrogen and oxygen atoms in total. The van der Waals surface area contributed by atoms with Crippen molar-refractivity contribution in [2.45, 2.75) is 45.1 Å². The quantitative estimate of drug-likeness (QED) is 0.803. The predicted molar refractivity (Wildman–Crippen MR) is 113 cm³/mol.